The van der Waals surface area contributed by atoms with Crippen molar-refractivity contribution in [3.8, 4) is 0 Å². The van der Waals surface area contributed by atoms with E-state index in [0.29, 0.717) is 0 Å². The van der Waals surface area contributed by atoms with Crippen molar-refractivity contribution in [2.45, 2.75) is 12.8 Å². The van der Waals surface area contributed by atoms with Gasteiger partial charge < -0.3 is 5.32 Å². The Morgan fingerprint density at radius 2 is 2.06 bits per heavy atom. The summed E-state index contributed by atoms with van der Waals surface area (Å²) in [5.41, 5.74) is 0.950. The zero-order valence-electron chi connectivity index (χ0n) is 9.50. The van der Waals surface area contributed by atoms with Crippen molar-refractivity contribution in [2.75, 3.05) is 11.9 Å². The Morgan fingerprint density at radius 1 is 1.18 bits per heavy atom. The number of fused-ring (bicyclic) bond motifs is 2. The molecule has 3 atom stereocenters. The highest BCUT2D eigenvalue weighted by molar-refractivity contribution is 6.35. The number of benzene rings is 1. The zero-order chi connectivity index (χ0) is 11.8. The molecule has 0 spiro atoms. The number of nitrogens with one attached hydrogen (secondary N) is 1. The molecule has 1 nitrogen and oxygen atoms in total. The van der Waals surface area contributed by atoms with Crippen molar-refractivity contribution in [1.29, 1.82) is 0 Å². The first-order valence-electron chi connectivity index (χ1n) is 6.09. The molecule has 2 aliphatic rings. The van der Waals surface area contributed by atoms with Crippen molar-refractivity contribution in [2.24, 2.45) is 17.8 Å². The Hall–Kier alpha value is -0.660. The summed E-state index contributed by atoms with van der Waals surface area (Å²) in [6.07, 6.45) is 7.40. The van der Waals surface area contributed by atoms with Gasteiger partial charge in [-0.3, -0.25) is 0 Å². The molecule has 0 aliphatic heterocycles. The molecule has 3 rings (SSSR count). The molecular weight excluding hydrogens is 253 g/mol. The summed E-state index contributed by atoms with van der Waals surface area (Å²) in [6, 6.07) is 5.55. The molecule has 0 amide bonds. The standard InChI is InChI=1S/C14H15Cl2N/c15-12-3-4-13(16)14(7-12)17-8-11-6-9-1-2-10(11)5-9/h1-4,7,9-11,17H,5-6,8H2. The molecule has 90 valence electrons. The average Bonchev–Trinajstić information content (AvgIpc) is 2.92. The van der Waals surface area contributed by atoms with Crippen LogP contribution in [0, 0.1) is 17.8 Å². The van der Waals surface area contributed by atoms with Gasteiger partial charge in [0.2, 0.25) is 0 Å². The second kappa shape index (κ2) is 4.55. The first kappa shape index (κ1) is 11.4. The summed E-state index contributed by atoms with van der Waals surface area (Å²) in [5, 5.41) is 4.90. The maximum absolute atomic E-state index is 6.13. The van der Waals surface area contributed by atoms with Crippen molar-refractivity contribution in [3.63, 3.8) is 0 Å². The van der Waals surface area contributed by atoms with Gasteiger partial charge in [0.1, 0.15) is 0 Å². The maximum Gasteiger partial charge on any atom is 0.0638 e. The third kappa shape index (κ3) is 2.31. The third-order valence-corrected chi connectivity index (χ3v) is 4.46. The summed E-state index contributed by atoms with van der Waals surface area (Å²) >= 11 is 12.1. The van der Waals surface area contributed by atoms with E-state index in [0.717, 1.165) is 40.0 Å². The maximum atomic E-state index is 6.13. The predicted octanol–water partition coefficient (Wildman–Crippen LogP) is 4.62. The SMILES string of the molecule is Clc1ccc(Cl)c(NCC2CC3C=CC2C3)c1. The molecule has 0 heterocycles. The molecule has 2 aliphatic carbocycles. The van der Waals surface area contributed by atoms with E-state index in [1.807, 2.05) is 18.2 Å². The molecule has 0 saturated heterocycles. The number of hydrogen-bond acceptors (Lipinski definition) is 1. The van der Waals surface area contributed by atoms with Crippen LogP contribution in [-0.4, -0.2) is 6.54 Å². The van der Waals surface area contributed by atoms with Crippen LogP contribution < -0.4 is 5.32 Å². The lowest BCUT2D eigenvalue weighted by molar-refractivity contribution is 0.472. The molecule has 0 aromatic heterocycles. The molecule has 1 fully saturated rings. The normalized spacial score (nSPS) is 29.9. The Labute approximate surface area is 112 Å². The highest BCUT2D eigenvalue weighted by atomic mass is 35.5. The summed E-state index contributed by atoms with van der Waals surface area (Å²) in [4.78, 5) is 0. The molecule has 3 heteroatoms. The number of anilines is 1. The molecule has 1 saturated carbocycles. The van der Waals surface area contributed by atoms with Crippen molar-refractivity contribution < 1.29 is 0 Å². The van der Waals surface area contributed by atoms with Crippen LogP contribution in [0.25, 0.3) is 0 Å². The Bertz CT molecular complexity index is 456. The van der Waals surface area contributed by atoms with Crippen molar-refractivity contribution in [3.05, 3.63) is 40.4 Å². The number of hydrogen-bond donors (Lipinski definition) is 1. The largest absolute Gasteiger partial charge is 0.383 e. The topological polar surface area (TPSA) is 12.0 Å². The lowest BCUT2D eigenvalue weighted by Crippen LogP contribution is -2.18. The molecular formula is C14H15Cl2N. The van der Waals surface area contributed by atoms with Crippen LogP contribution in [0.3, 0.4) is 0 Å². The molecule has 0 radical (unpaired) electrons. The van der Waals surface area contributed by atoms with E-state index >= 15 is 0 Å². The molecule has 1 aromatic rings. The molecule has 3 unspecified atom stereocenters. The average molecular weight is 268 g/mol. The van der Waals surface area contributed by atoms with Crippen LogP contribution in [0.2, 0.25) is 10.0 Å². The smallest absolute Gasteiger partial charge is 0.0638 e. The van der Waals surface area contributed by atoms with Crippen LogP contribution in [0.5, 0.6) is 0 Å². The third-order valence-electron chi connectivity index (χ3n) is 3.90. The van der Waals surface area contributed by atoms with Crippen LogP contribution >= 0.6 is 23.2 Å². The molecule has 2 bridgehead atoms. The van der Waals surface area contributed by atoms with Gasteiger partial charge in [-0.1, -0.05) is 35.4 Å². The van der Waals surface area contributed by atoms with Gasteiger partial charge in [0, 0.05) is 11.6 Å². The fourth-order valence-electron chi connectivity index (χ4n) is 3.00. The van der Waals surface area contributed by atoms with Crippen molar-refractivity contribution in [1.82, 2.24) is 0 Å². The highest BCUT2D eigenvalue weighted by Crippen LogP contribution is 2.43. The minimum atomic E-state index is 0.727. The van der Waals surface area contributed by atoms with Gasteiger partial charge >= 0.3 is 0 Å². The highest BCUT2D eigenvalue weighted by Gasteiger charge is 2.35. The van der Waals surface area contributed by atoms with E-state index in [2.05, 4.69) is 17.5 Å². The Morgan fingerprint density at radius 3 is 2.76 bits per heavy atom. The van der Waals surface area contributed by atoms with E-state index < -0.39 is 0 Å². The van der Waals surface area contributed by atoms with Gasteiger partial charge in [-0.05, 0) is 48.8 Å². The molecule has 17 heavy (non-hydrogen) atoms. The molecule has 1 N–H and O–H groups in total. The first-order chi connectivity index (χ1) is 8.22. The summed E-state index contributed by atoms with van der Waals surface area (Å²) in [7, 11) is 0. The fourth-order valence-corrected chi connectivity index (χ4v) is 3.36. The van der Waals surface area contributed by atoms with Gasteiger partial charge in [-0.2, -0.15) is 0 Å². The number of rotatable bonds is 3. The monoisotopic (exact) mass is 267 g/mol. The van der Waals surface area contributed by atoms with E-state index in [1.54, 1.807) is 0 Å². The van der Waals surface area contributed by atoms with Crippen LogP contribution in [0.15, 0.2) is 30.4 Å². The number of halogens is 2. The number of allylic oxidation sites excluding steroid dienone is 2. The summed E-state index contributed by atoms with van der Waals surface area (Å²) < 4.78 is 0. The van der Waals surface area contributed by atoms with Crippen LogP contribution in [0.1, 0.15) is 12.8 Å². The van der Waals surface area contributed by atoms with E-state index in [-0.39, 0.29) is 0 Å². The Kier molecular flexibility index (Phi) is 3.06. The minimum Gasteiger partial charge on any atom is -0.383 e. The Balaban J connectivity index is 1.64. The van der Waals surface area contributed by atoms with Crippen LogP contribution in [0.4, 0.5) is 5.69 Å². The van der Waals surface area contributed by atoms with Gasteiger partial charge in [-0.15, -0.1) is 0 Å². The van der Waals surface area contributed by atoms with E-state index in [1.165, 1.54) is 12.8 Å². The predicted molar refractivity (Wildman–Crippen MR) is 73.8 cm³/mol. The first-order valence-corrected chi connectivity index (χ1v) is 6.85. The molecule has 1 aromatic carbocycles. The summed E-state index contributed by atoms with van der Waals surface area (Å²) in [5.74, 6) is 2.34. The second-order valence-corrected chi connectivity index (χ2v) is 5.89. The lowest BCUT2D eigenvalue weighted by Gasteiger charge is -2.19. The zero-order valence-corrected chi connectivity index (χ0v) is 11.0. The second-order valence-electron chi connectivity index (χ2n) is 5.05. The van der Waals surface area contributed by atoms with Crippen molar-refractivity contribution >= 4 is 28.9 Å². The van der Waals surface area contributed by atoms with Gasteiger partial charge in [0.05, 0.1) is 10.7 Å². The quantitative estimate of drug-likeness (QED) is 0.789. The van der Waals surface area contributed by atoms with Gasteiger partial charge in [-0.25, -0.2) is 0 Å². The van der Waals surface area contributed by atoms with Gasteiger partial charge in [0.25, 0.3) is 0 Å². The summed E-state index contributed by atoms with van der Waals surface area (Å²) in [6.45, 7) is 0.992. The van der Waals surface area contributed by atoms with E-state index in [9.17, 15) is 0 Å². The lowest BCUT2D eigenvalue weighted by atomic mass is 9.93. The minimum absolute atomic E-state index is 0.727. The van der Waals surface area contributed by atoms with Crippen LogP contribution in [-0.2, 0) is 0 Å². The fraction of sp³-hybridized carbons (Fsp3) is 0.429. The van der Waals surface area contributed by atoms with Gasteiger partial charge in [0.15, 0.2) is 0 Å². The van der Waals surface area contributed by atoms with E-state index in [4.69, 9.17) is 23.2 Å².